The predicted octanol–water partition coefficient (Wildman–Crippen LogP) is 20.4. The maximum atomic E-state index is 13.6. The van der Waals surface area contributed by atoms with Crippen LogP contribution in [0.5, 0.6) is 0 Å². The number of carbonyl (C=O) groups excluding carboxylic acids is 2. The summed E-state index contributed by atoms with van der Waals surface area (Å²) in [4.78, 5) is 40.0. The van der Waals surface area contributed by atoms with E-state index in [0.717, 1.165) is 77.0 Å². The number of phosphoric ester groups is 1. The number of amides is 1. The van der Waals surface area contributed by atoms with Gasteiger partial charge in [0.15, 0.2) is 0 Å². The number of esters is 1. The third-order valence-corrected chi connectivity index (χ3v) is 15.9. The van der Waals surface area contributed by atoms with Crippen molar-refractivity contribution >= 4 is 19.7 Å². The Labute approximate surface area is 490 Å². The number of unbranched alkanes of at least 4 members (excludes halogenated alkanes) is 37. The molecule has 0 heterocycles. The van der Waals surface area contributed by atoms with Crippen LogP contribution in [0.3, 0.4) is 0 Å². The molecule has 79 heavy (non-hydrogen) atoms. The van der Waals surface area contributed by atoms with Gasteiger partial charge in [-0.3, -0.25) is 14.2 Å². The van der Waals surface area contributed by atoms with E-state index in [0.29, 0.717) is 23.9 Å². The fraction of sp³-hybridized carbons (Fsp3) is 0.826. The molecule has 1 amide bonds. The van der Waals surface area contributed by atoms with Gasteiger partial charge in [0, 0.05) is 12.8 Å². The van der Waals surface area contributed by atoms with Crippen molar-refractivity contribution in [3.8, 4) is 0 Å². The van der Waals surface area contributed by atoms with E-state index in [4.69, 9.17) is 13.8 Å². The molecule has 1 N–H and O–H groups in total. The van der Waals surface area contributed by atoms with Crippen molar-refractivity contribution in [2.45, 2.75) is 328 Å². The van der Waals surface area contributed by atoms with Crippen molar-refractivity contribution in [3.05, 3.63) is 60.8 Å². The summed E-state index contributed by atoms with van der Waals surface area (Å²) >= 11 is 0. The highest BCUT2D eigenvalue weighted by Gasteiger charge is 2.27. The molecule has 3 atom stereocenters. The maximum Gasteiger partial charge on any atom is 0.306 e. The molecule has 0 rings (SSSR count). The zero-order chi connectivity index (χ0) is 57.9. The number of nitrogens with zero attached hydrogens (tertiary/aromatic N) is 1. The molecule has 0 aromatic carbocycles. The van der Waals surface area contributed by atoms with E-state index in [1.807, 2.05) is 33.3 Å². The highest BCUT2D eigenvalue weighted by atomic mass is 31.2. The topological polar surface area (TPSA) is 114 Å². The molecule has 0 aliphatic carbocycles. The highest BCUT2D eigenvalue weighted by Crippen LogP contribution is 2.38. The Morgan fingerprint density at radius 1 is 0.443 bits per heavy atom. The Morgan fingerprint density at radius 3 is 1.19 bits per heavy atom. The molecule has 0 radical (unpaired) electrons. The molecule has 0 fully saturated rings. The minimum absolute atomic E-state index is 0.0275. The average Bonchev–Trinajstić information content (AvgIpc) is 3.41. The molecular weight excluding hydrogens is 1000 g/mol. The second-order valence-corrected chi connectivity index (χ2v) is 25.4. The van der Waals surface area contributed by atoms with Crippen LogP contribution in [0, 0.1) is 0 Å². The number of quaternary nitrogens is 1. The first kappa shape index (κ1) is 76.7. The molecule has 9 nitrogen and oxygen atoms in total. The van der Waals surface area contributed by atoms with Gasteiger partial charge in [-0.2, -0.15) is 0 Å². The standard InChI is InChI=1S/C69H129N2O7P/c1-7-10-13-16-19-22-25-27-29-31-33-34-35-36-38-39-41-43-46-49-52-55-58-61-68(72)70-66(65-77-79(74,75)76-64-63-71(4,5)6)67(60-57-54-51-48-45-24-21-18-15-12-9-3)78-69(73)62-59-56-53-50-47-44-42-40-37-32-30-28-26-23-20-17-14-11-8-2/h20,23,28,30,37,40,44,47,57,60,66-67H,7-19,21-22,24-27,29,31-36,38-39,41-43,45-46,48-56,58-59,61-65H2,1-6H3,(H-,70,72,74,75)/b23-20-,30-28-,40-37-,47-44-,60-57+. The van der Waals surface area contributed by atoms with Gasteiger partial charge in [-0.05, 0) is 76.7 Å². The number of allylic oxidation sites excluding steroid dienone is 9. The van der Waals surface area contributed by atoms with Crippen LogP contribution in [-0.4, -0.2) is 69.4 Å². The van der Waals surface area contributed by atoms with Gasteiger partial charge in [0.1, 0.15) is 19.3 Å². The lowest BCUT2D eigenvalue weighted by Gasteiger charge is -2.30. The number of nitrogens with one attached hydrogen (secondary N) is 1. The number of phosphoric acid groups is 1. The Hall–Kier alpha value is -2.29. The van der Waals surface area contributed by atoms with Crippen LogP contribution in [0.4, 0.5) is 0 Å². The summed E-state index contributed by atoms with van der Waals surface area (Å²) in [5, 5.41) is 3.03. The van der Waals surface area contributed by atoms with E-state index in [1.165, 1.54) is 199 Å². The molecular formula is C69H129N2O7P. The van der Waals surface area contributed by atoms with E-state index >= 15 is 0 Å². The van der Waals surface area contributed by atoms with Crippen molar-refractivity contribution in [3.63, 3.8) is 0 Å². The molecule has 10 heteroatoms. The van der Waals surface area contributed by atoms with Gasteiger partial charge >= 0.3 is 5.97 Å². The number of rotatable bonds is 61. The number of hydrogen-bond donors (Lipinski definition) is 1. The predicted molar refractivity (Wildman–Crippen MR) is 339 cm³/mol. The molecule has 0 spiro atoms. The van der Waals surface area contributed by atoms with E-state index in [9.17, 15) is 19.0 Å². The lowest BCUT2D eigenvalue weighted by molar-refractivity contribution is -0.870. The van der Waals surface area contributed by atoms with E-state index in [1.54, 1.807) is 0 Å². The summed E-state index contributed by atoms with van der Waals surface area (Å²) in [6, 6.07) is -0.901. The second kappa shape index (κ2) is 58.9. The molecule has 462 valence electrons. The van der Waals surface area contributed by atoms with Crippen LogP contribution in [0.15, 0.2) is 60.8 Å². The summed E-state index contributed by atoms with van der Waals surface area (Å²) in [5.41, 5.74) is 0. The maximum absolute atomic E-state index is 13.6. The number of hydrogen-bond acceptors (Lipinski definition) is 7. The first-order chi connectivity index (χ1) is 38.4. The van der Waals surface area contributed by atoms with Gasteiger partial charge in [-0.1, -0.05) is 287 Å². The summed E-state index contributed by atoms with van der Waals surface area (Å²) in [5.74, 6) is -0.567. The van der Waals surface area contributed by atoms with Crippen molar-refractivity contribution < 1.29 is 37.3 Å². The lowest BCUT2D eigenvalue weighted by atomic mass is 10.0. The molecule has 3 unspecified atom stereocenters. The first-order valence-electron chi connectivity index (χ1n) is 33.6. The minimum atomic E-state index is -4.71. The van der Waals surface area contributed by atoms with Gasteiger partial charge in [-0.25, -0.2) is 0 Å². The lowest BCUT2D eigenvalue weighted by Crippen LogP contribution is -2.47. The minimum Gasteiger partial charge on any atom is -0.756 e. The zero-order valence-electron chi connectivity index (χ0n) is 52.8. The van der Waals surface area contributed by atoms with Gasteiger partial charge < -0.3 is 28.5 Å². The number of carbonyl (C=O) groups is 2. The largest absolute Gasteiger partial charge is 0.756 e. The van der Waals surface area contributed by atoms with Crippen LogP contribution >= 0.6 is 7.82 Å². The Balaban J connectivity index is 5.13. The summed E-state index contributed by atoms with van der Waals surface area (Å²) in [7, 11) is 1.17. The fourth-order valence-electron chi connectivity index (χ4n) is 9.74. The van der Waals surface area contributed by atoms with Crippen LogP contribution in [0.1, 0.15) is 316 Å². The van der Waals surface area contributed by atoms with Crippen molar-refractivity contribution in [1.29, 1.82) is 0 Å². The Bertz CT molecular complexity index is 1540. The van der Waals surface area contributed by atoms with Crippen LogP contribution in [0.2, 0.25) is 0 Å². The SMILES string of the molecule is CCCCC/C=C\C/C=C\C/C=C\C/C=C\CCCCCC(=O)OC(/C=C/CCCCCCCCCCC)C(COP(=O)([O-])OCC[N+](C)(C)C)NC(=O)CCCCCCCCCCCCCCCCCCCCCCCCC. The molecule has 0 bridgehead atoms. The van der Waals surface area contributed by atoms with Crippen LogP contribution < -0.4 is 10.2 Å². The van der Waals surface area contributed by atoms with Gasteiger partial charge in [0.2, 0.25) is 5.91 Å². The molecule has 0 aromatic heterocycles. The van der Waals surface area contributed by atoms with Crippen LogP contribution in [0.25, 0.3) is 0 Å². The van der Waals surface area contributed by atoms with Gasteiger partial charge in [-0.15, -0.1) is 0 Å². The molecule has 0 saturated heterocycles. The van der Waals surface area contributed by atoms with Gasteiger partial charge in [0.05, 0.1) is 33.8 Å². The Morgan fingerprint density at radius 2 is 0.772 bits per heavy atom. The quantitative estimate of drug-likeness (QED) is 0.0212. The third-order valence-electron chi connectivity index (χ3n) is 15.0. The van der Waals surface area contributed by atoms with Crippen molar-refractivity contribution in [2.24, 2.45) is 0 Å². The normalized spacial score (nSPS) is 14.0. The molecule has 0 aliphatic heterocycles. The van der Waals surface area contributed by atoms with E-state index < -0.39 is 26.6 Å². The van der Waals surface area contributed by atoms with E-state index in [2.05, 4.69) is 74.7 Å². The summed E-state index contributed by atoms with van der Waals surface area (Å²) in [6.45, 7) is 6.82. The Kier molecular flexibility index (Phi) is 57.2. The molecule has 0 aliphatic rings. The fourth-order valence-corrected chi connectivity index (χ4v) is 10.5. The summed E-state index contributed by atoms with van der Waals surface area (Å²) < 4.78 is 30.3. The number of ether oxygens (including phenoxy) is 1. The highest BCUT2D eigenvalue weighted by molar-refractivity contribution is 7.45. The van der Waals surface area contributed by atoms with E-state index in [-0.39, 0.29) is 24.9 Å². The second-order valence-electron chi connectivity index (χ2n) is 24.0. The van der Waals surface area contributed by atoms with Crippen molar-refractivity contribution in [1.82, 2.24) is 5.32 Å². The summed E-state index contributed by atoms with van der Waals surface area (Å²) in [6.07, 6.45) is 74.9. The monoisotopic (exact) mass is 1130 g/mol. The first-order valence-corrected chi connectivity index (χ1v) is 35.1. The smallest absolute Gasteiger partial charge is 0.306 e. The average molecular weight is 1130 g/mol. The molecule has 0 saturated carbocycles. The zero-order valence-corrected chi connectivity index (χ0v) is 53.7. The van der Waals surface area contributed by atoms with Crippen molar-refractivity contribution in [2.75, 3.05) is 40.9 Å². The third kappa shape index (κ3) is 60.1. The molecule has 0 aromatic rings. The number of likely N-dealkylation sites (N-methyl/N-ethyl adjacent to an activating group) is 1. The van der Waals surface area contributed by atoms with Gasteiger partial charge in [0.25, 0.3) is 7.82 Å². The van der Waals surface area contributed by atoms with Crippen LogP contribution in [-0.2, 0) is 27.9 Å².